The normalized spacial score (nSPS) is 10.1. The maximum absolute atomic E-state index is 13.5. The SMILES string of the molecule is O=[C]N(Cc1ccccc1)c1cccc(F)c1F. The van der Waals surface area contributed by atoms with Crippen molar-refractivity contribution in [2.24, 2.45) is 0 Å². The Morgan fingerprint density at radius 1 is 1.00 bits per heavy atom. The standard InChI is InChI=1S/C14H10F2NO/c15-12-7-4-8-13(14(12)16)17(10-18)9-11-5-2-1-3-6-11/h1-8H,9H2. The van der Waals surface area contributed by atoms with Crippen molar-refractivity contribution in [2.75, 3.05) is 4.90 Å². The fourth-order valence-electron chi connectivity index (χ4n) is 1.63. The Bertz CT molecular complexity index is 543. The van der Waals surface area contributed by atoms with Crippen molar-refractivity contribution >= 4 is 12.1 Å². The third-order valence-corrected chi connectivity index (χ3v) is 2.52. The van der Waals surface area contributed by atoms with Crippen LogP contribution in [0.5, 0.6) is 0 Å². The van der Waals surface area contributed by atoms with E-state index in [1.807, 2.05) is 6.07 Å². The van der Waals surface area contributed by atoms with E-state index in [-0.39, 0.29) is 12.2 Å². The summed E-state index contributed by atoms with van der Waals surface area (Å²) in [6, 6.07) is 12.7. The molecule has 0 saturated heterocycles. The Balaban J connectivity index is 2.29. The van der Waals surface area contributed by atoms with Crippen molar-refractivity contribution in [3.05, 3.63) is 65.7 Å². The molecule has 2 aromatic rings. The molecule has 1 amide bonds. The molecule has 2 nitrogen and oxygen atoms in total. The second kappa shape index (κ2) is 5.40. The second-order valence-electron chi connectivity index (χ2n) is 3.74. The van der Waals surface area contributed by atoms with Crippen LogP contribution in [0.4, 0.5) is 14.5 Å². The summed E-state index contributed by atoms with van der Waals surface area (Å²) in [7, 11) is 0. The van der Waals surface area contributed by atoms with Gasteiger partial charge in [-0.2, -0.15) is 0 Å². The summed E-state index contributed by atoms with van der Waals surface area (Å²) in [4.78, 5) is 11.9. The van der Waals surface area contributed by atoms with Gasteiger partial charge in [-0.15, -0.1) is 0 Å². The average molecular weight is 246 g/mol. The van der Waals surface area contributed by atoms with Crippen LogP contribution in [-0.4, -0.2) is 6.41 Å². The van der Waals surface area contributed by atoms with Gasteiger partial charge >= 0.3 is 6.41 Å². The van der Waals surface area contributed by atoms with E-state index in [0.717, 1.165) is 16.5 Å². The fraction of sp³-hybridized carbons (Fsp3) is 0.0714. The molecule has 2 rings (SSSR count). The van der Waals surface area contributed by atoms with Crippen molar-refractivity contribution in [1.29, 1.82) is 0 Å². The molecule has 0 aliphatic rings. The summed E-state index contributed by atoms with van der Waals surface area (Å²) >= 11 is 0. The number of carbonyl (C=O) groups excluding carboxylic acids is 1. The Morgan fingerprint density at radius 3 is 2.39 bits per heavy atom. The molecule has 91 valence electrons. The first-order valence-corrected chi connectivity index (χ1v) is 5.35. The summed E-state index contributed by atoms with van der Waals surface area (Å²) in [6.07, 6.45) is 1.61. The maximum atomic E-state index is 13.5. The van der Waals surface area contributed by atoms with Gasteiger partial charge in [0.1, 0.15) is 0 Å². The van der Waals surface area contributed by atoms with Crippen LogP contribution in [0, 0.1) is 11.6 Å². The highest BCUT2D eigenvalue weighted by molar-refractivity contribution is 5.75. The summed E-state index contributed by atoms with van der Waals surface area (Å²) in [6.45, 7) is 0.144. The lowest BCUT2D eigenvalue weighted by molar-refractivity contribution is 0.506. The second-order valence-corrected chi connectivity index (χ2v) is 3.74. The van der Waals surface area contributed by atoms with Gasteiger partial charge in [-0.1, -0.05) is 36.4 Å². The Morgan fingerprint density at radius 2 is 1.72 bits per heavy atom. The van der Waals surface area contributed by atoms with Gasteiger partial charge in [-0.3, -0.25) is 9.69 Å². The Labute approximate surface area is 103 Å². The van der Waals surface area contributed by atoms with Gasteiger partial charge in [0.05, 0.1) is 12.2 Å². The summed E-state index contributed by atoms with van der Waals surface area (Å²) < 4.78 is 26.6. The Hall–Kier alpha value is -2.23. The molecule has 0 aliphatic carbocycles. The van der Waals surface area contributed by atoms with Gasteiger partial charge in [-0.25, -0.2) is 8.78 Å². The van der Waals surface area contributed by atoms with Crippen molar-refractivity contribution in [1.82, 2.24) is 0 Å². The molecular weight excluding hydrogens is 236 g/mol. The number of nitrogens with zero attached hydrogens (tertiary/aromatic N) is 1. The monoisotopic (exact) mass is 246 g/mol. The molecule has 0 unspecified atom stereocenters. The molecule has 18 heavy (non-hydrogen) atoms. The molecule has 0 spiro atoms. The van der Waals surface area contributed by atoms with Crippen molar-refractivity contribution < 1.29 is 13.6 Å². The van der Waals surface area contributed by atoms with Gasteiger partial charge < -0.3 is 0 Å². The summed E-state index contributed by atoms with van der Waals surface area (Å²) in [5.74, 6) is -2.03. The van der Waals surface area contributed by atoms with Gasteiger partial charge in [0, 0.05) is 0 Å². The molecule has 0 aromatic heterocycles. The molecular formula is C14H10F2NO. The van der Waals surface area contributed by atoms with Crippen LogP contribution >= 0.6 is 0 Å². The first kappa shape index (κ1) is 12.2. The highest BCUT2D eigenvalue weighted by atomic mass is 19.2. The largest absolute Gasteiger partial charge is 0.317 e. The highest BCUT2D eigenvalue weighted by Crippen LogP contribution is 2.21. The van der Waals surface area contributed by atoms with Crippen LogP contribution in [0.2, 0.25) is 0 Å². The highest BCUT2D eigenvalue weighted by Gasteiger charge is 2.15. The van der Waals surface area contributed by atoms with Crippen LogP contribution in [0.25, 0.3) is 0 Å². The number of amides is 1. The number of rotatable bonds is 4. The smallest absolute Gasteiger partial charge is 0.297 e. The fourth-order valence-corrected chi connectivity index (χ4v) is 1.63. The van der Waals surface area contributed by atoms with E-state index in [1.165, 1.54) is 12.1 Å². The first-order chi connectivity index (χ1) is 8.72. The van der Waals surface area contributed by atoms with Gasteiger partial charge in [-0.05, 0) is 17.7 Å². The van der Waals surface area contributed by atoms with Gasteiger partial charge in [0.25, 0.3) is 0 Å². The number of halogens is 2. The lowest BCUT2D eigenvalue weighted by Crippen LogP contribution is -2.21. The van der Waals surface area contributed by atoms with E-state index >= 15 is 0 Å². The van der Waals surface area contributed by atoms with E-state index in [0.29, 0.717) is 0 Å². The van der Waals surface area contributed by atoms with Crippen LogP contribution in [0.3, 0.4) is 0 Å². The van der Waals surface area contributed by atoms with Crippen LogP contribution in [0.15, 0.2) is 48.5 Å². The maximum Gasteiger partial charge on any atom is 0.317 e. The summed E-state index contributed by atoms with van der Waals surface area (Å²) in [5, 5.41) is 0. The molecule has 0 heterocycles. The lowest BCUT2D eigenvalue weighted by atomic mass is 10.2. The third kappa shape index (κ3) is 2.53. The Kier molecular flexibility index (Phi) is 3.67. The van der Waals surface area contributed by atoms with E-state index in [2.05, 4.69) is 0 Å². The molecule has 0 fully saturated rings. The van der Waals surface area contributed by atoms with E-state index in [1.54, 1.807) is 30.7 Å². The minimum atomic E-state index is -1.04. The van der Waals surface area contributed by atoms with Crippen molar-refractivity contribution in [3.63, 3.8) is 0 Å². The molecule has 0 saturated carbocycles. The molecule has 0 atom stereocenters. The average Bonchev–Trinajstić information content (AvgIpc) is 2.41. The topological polar surface area (TPSA) is 20.3 Å². The summed E-state index contributed by atoms with van der Waals surface area (Å²) in [5.41, 5.74) is 0.693. The number of benzene rings is 2. The number of anilines is 1. The molecule has 2 aromatic carbocycles. The van der Waals surface area contributed by atoms with Gasteiger partial charge in [0.15, 0.2) is 11.6 Å². The predicted molar refractivity (Wildman–Crippen MR) is 64.7 cm³/mol. The zero-order valence-corrected chi connectivity index (χ0v) is 9.44. The van der Waals surface area contributed by atoms with E-state index in [9.17, 15) is 13.6 Å². The first-order valence-electron chi connectivity index (χ1n) is 5.35. The third-order valence-electron chi connectivity index (χ3n) is 2.52. The zero-order valence-electron chi connectivity index (χ0n) is 9.44. The lowest BCUT2D eigenvalue weighted by Gasteiger charge is -2.17. The van der Waals surface area contributed by atoms with Gasteiger partial charge in [0.2, 0.25) is 0 Å². The van der Waals surface area contributed by atoms with E-state index in [4.69, 9.17) is 0 Å². The quantitative estimate of drug-likeness (QED) is 0.759. The predicted octanol–water partition coefficient (Wildman–Crippen LogP) is 3.04. The molecule has 0 aliphatic heterocycles. The van der Waals surface area contributed by atoms with Crippen molar-refractivity contribution in [2.45, 2.75) is 6.54 Å². The molecule has 4 heteroatoms. The minimum absolute atomic E-state index is 0.117. The minimum Gasteiger partial charge on any atom is -0.297 e. The zero-order chi connectivity index (χ0) is 13.0. The molecule has 0 N–H and O–H groups in total. The van der Waals surface area contributed by atoms with Crippen LogP contribution < -0.4 is 4.90 Å². The van der Waals surface area contributed by atoms with E-state index < -0.39 is 11.6 Å². The molecule has 0 bridgehead atoms. The number of hydrogen-bond acceptors (Lipinski definition) is 1. The van der Waals surface area contributed by atoms with Crippen LogP contribution in [-0.2, 0) is 11.3 Å². The molecule has 1 radical (unpaired) electrons. The van der Waals surface area contributed by atoms with Crippen LogP contribution in [0.1, 0.15) is 5.56 Å². The number of hydrogen-bond donors (Lipinski definition) is 0. The van der Waals surface area contributed by atoms with Crippen molar-refractivity contribution in [3.8, 4) is 0 Å².